The highest BCUT2D eigenvalue weighted by Crippen LogP contribution is 2.23. The van der Waals surface area contributed by atoms with Crippen LogP contribution in [0.2, 0.25) is 0 Å². The Kier molecular flexibility index (Phi) is 3.24. The van der Waals surface area contributed by atoms with Crippen LogP contribution in [-0.4, -0.2) is 35.7 Å². The lowest BCUT2D eigenvalue weighted by Crippen LogP contribution is -2.47. The van der Waals surface area contributed by atoms with Gasteiger partial charge in [-0.25, -0.2) is 4.39 Å². The molecule has 2 fully saturated rings. The molecule has 1 N–H and O–H groups in total. The van der Waals surface area contributed by atoms with E-state index in [1.807, 2.05) is 0 Å². The van der Waals surface area contributed by atoms with Gasteiger partial charge in [-0.05, 0) is 12.8 Å². The molecule has 0 aromatic heterocycles. The average Bonchev–Trinajstić information content (AvgIpc) is 2.75. The molecule has 0 aromatic rings. The lowest BCUT2D eigenvalue weighted by atomic mass is 10.2. The summed E-state index contributed by atoms with van der Waals surface area (Å²) in [6.45, 7) is 1.78. The molecule has 2 aliphatic rings. The molecule has 1 amide bonds. The number of carbonyl (C=O) groups excluding carboxylic acids is 1. The number of alkyl halides is 1. The van der Waals surface area contributed by atoms with Gasteiger partial charge in [0.1, 0.15) is 6.17 Å². The molecular weight excluding hydrogens is 195 g/mol. The van der Waals surface area contributed by atoms with Gasteiger partial charge < -0.3 is 4.90 Å². The van der Waals surface area contributed by atoms with E-state index in [9.17, 15) is 9.18 Å². The van der Waals surface area contributed by atoms with Crippen LogP contribution in [0.1, 0.15) is 39.0 Å². The highest BCUT2D eigenvalue weighted by atomic mass is 19.1. The second-order valence-corrected chi connectivity index (χ2v) is 4.67. The maximum Gasteiger partial charge on any atom is 0.220 e. The number of likely N-dealkylation sites (tertiary alicyclic amines) is 1. The Morgan fingerprint density at radius 2 is 2.07 bits per heavy atom. The van der Waals surface area contributed by atoms with Crippen molar-refractivity contribution in [1.29, 1.82) is 0 Å². The molecule has 0 spiro atoms. The molecule has 1 aliphatic carbocycles. The zero-order valence-electron chi connectivity index (χ0n) is 9.21. The highest BCUT2D eigenvalue weighted by molar-refractivity contribution is 5.74. The highest BCUT2D eigenvalue weighted by Gasteiger charge is 2.35. The summed E-state index contributed by atoms with van der Waals surface area (Å²) in [5, 5.41) is 3.40. The first kappa shape index (κ1) is 10.9. The van der Waals surface area contributed by atoms with Crippen LogP contribution in [0.25, 0.3) is 0 Å². The number of nitrogens with zero attached hydrogens (tertiary/aromatic N) is 1. The number of nitrogens with one attached hydrogen (secondary N) is 1. The van der Waals surface area contributed by atoms with Gasteiger partial charge in [-0.3, -0.25) is 10.1 Å². The molecule has 0 aromatic carbocycles. The lowest BCUT2D eigenvalue weighted by Gasteiger charge is -2.26. The van der Waals surface area contributed by atoms with Crippen molar-refractivity contribution in [3.05, 3.63) is 0 Å². The molecule has 1 saturated carbocycles. The Balaban J connectivity index is 1.91. The third kappa shape index (κ3) is 2.48. The van der Waals surface area contributed by atoms with Crippen molar-refractivity contribution in [2.24, 2.45) is 0 Å². The smallest absolute Gasteiger partial charge is 0.220 e. The summed E-state index contributed by atoms with van der Waals surface area (Å²) in [4.78, 5) is 12.9. The second kappa shape index (κ2) is 4.47. The molecule has 4 heteroatoms. The molecule has 0 radical (unpaired) electrons. The molecule has 2 unspecified atom stereocenters. The third-order valence-electron chi connectivity index (χ3n) is 3.44. The van der Waals surface area contributed by atoms with Crippen molar-refractivity contribution >= 4 is 5.91 Å². The molecule has 2 rings (SSSR count). The predicted octanol–water partition coefficient (Wildman–Crippen LogP) is 1.43. The quantitative estimate of drug-likeness (QED) is 0.754. The van der Waals surface area contributed by atoms with Gasteiger partial charge in [-0.15, -0.1) is 0 Å². The Hall–Kier alpha value is -0.640. The van der Waals surface area contributed by atoms with Gasteiger partial charge in [0.2, 0.25) is 5.91 Å². The van der Waals surface area contributed by atoms with E-state index in [0.29, 0.717) is 12.5 Å². The van der Waals surface area contributed by atoms with Crippen molar-refractivity contribution in [3.63, 3.8) is 0 Å². The Labute approximate surface area is 90.0 Å². The van der Waals surface area contributed by atoms with Crippen molar-refractivity contribution in [1.82, 2.24) is 10.2 Å². The monoisotopic (exact) mass is 214 g/mol. The van der Waals surface area contributed by atoms with E-state index in [0.717, 1.165) is 0 Å². The van der Waals surface area contributed by atoms with Crippen LogP contribution in [0, 0.1) is 0 Å². The summed E-state index contributed by atoms with van der Waals surface area (Å²) < 4.78 is 13.2. The number of carbonyl (C=O) groups is 1. The Morgan fingerprint density at radius 1 is 1.40 bits per heavy atom. The summed E-state index contributed by atoms with van der Waals surface area (Å²) in [7, 11) is 0. The van der Waals surface area contributed by atoms with Crippen molar-refractivity contribution in [3.8, 4) is 0 Å². The van der Waals surface area contributed by atoms with Gasteiger partial charge in [-0.2, -0.15) is 0 Å². The summed E-state index contributed by atoms with van der Waals surface area (Å²) in [6.07, 6.45) is 4.37. The van der Waals surface area contributed by atoms with Crippen LogP contribution < -0.4 is 5.32 Å². The normalized spacial score (nSPS) is 32.5. The van der Waals surface area contributed by atoms with Crippen LogP contribution in [-0.2, 0) is 4.79 Å². The summed E-state index contributed by atoms with van der Waals surface area (Å²) in [5.74, 6) is -0.0225. The predicted molar refractivity (Wildman–Crippen MR) is 56.1 cm³/mol. The number of hydrogen-bond acceptors (Lipinski definition) is 2. The zero-order chi connectivity index (χ0) is 10.8. The molecule has 15 heavy (non-hydrogen) atoms. The molecule has 1 saturated heterocycles. The summed E-state index contributed by atoms with van der Waals surface area (Å²) in [6, 6.07) is 0.488. The Morgan fingerprint density at radius 3 is 2.67 bits per heavy atom. The van der Waals surface area contributed by atoms with Crippen LogP contribution in [0.3, 0.4) is 0 Å². The van der Waals surface area contributed by atoms with Crippen LogP contribution in [0.5, 0.6) is 0 Å². The molecule has 0 bridgehead atoms. The maximum absolute atomic E-state index is 13.2. The van der Waals surface area contributed by atoms with Crippen molar-refractivity contribution in [2.75, 3.05) is 6.54 Å². The van der Waals surface area contributed by atoms with Crippen LogP contribution in [0.4, 0.5) is 4.39 Å². The molecule has 3 nitrogen and oxygen atoms in total. The molecule has 2 atom stereocenters. The van der Waals surface area contributed by atoms with Gasteiger partial charge in [0.05, 0.1) is 12.7 Å². The number of rotatable bonds is 2. The van der Waals surface area contributed by atoms with Gasteiger partial charge in [0, 0.05) is 19.4 Å². The van der Waals surface area contributed by atoms with Crippen LogP contribution in [0.15, 0.2) is 0 Å². The van der Waals surface area contributed by atoms with Crippen LogP contribution >= 0.6 is 0 Å². The van der Waals surface area contributed by atoms with E-state index in [-0.39, 0.29) is 18.6 Å². The van der Waals surface area contributed by atoms with E-state index in [1.54, 1.807) is 4.90 Å². The van der Waals surface area contributed by atoms with Crippen molar-refractivity contribution in [2.45, 2.75) is 57.4 Å². The average molecular weight is 214 g/mol. The van der Waals surface area contributed by atoms with E-state index in [2.05, 4.69) is 5.32 Å². The second-order valence-electron chi connectivity index (χ2n) is 4.67. The topological polar surface area (TPSA) is 32.3 Å². The first-order valence-corrected chi connectivity index (χ1v) is 5.84. The standard InChI is InChI=1S/C11H19FN2O/c1-8(15)14-7-9(12)6-11(14)13-10-4-2-3-5-10/h9-11,13H,2-7H2,1H3. The van der Waals surface area contributed by atoms with Gasteiger partial charge in [0.15, 0.2) is 0 Å². The SMILES string of the molecule is CC(=O)N1CC(F)CC1NC1CCCC1. The minimum Gasteiger partial charge on any atom is -0.324 e. The zero-order valence-corrected chi connectivity index (χ0v) is 9.21. The fraction of sp³-hybridized carbons (Fsp3) is 0.909. The van der Waals surface area contributed by atoms with Gasteiger partial charge in [0.25, 0.3) is 0 Å². The minimum absolute atomic E-state index is 0.0225. The fourth-order valence-corrected chi connectivity index (χ4v) is 2.66. The van der Waals surface area contributed by atoms with E-state index in [1.165, 1.54) is 32.6 Å². The first-order chi connectivity index (χ1) is 7.16. The van der Waals surface area contributed by atoms with E-state index >= 15 is 0 Å². The molecular formula is C11H19FN2O. The largest absolute Gasteiger partial charge is 0.324 e. The fourth-order valence-electron chi connectivity index (χ4n) is 2.66. The first-order valence-electron chi connectivity index (χ1n) is 5.84. The summed E-state index contributed by atoms with van der Waals surface area (Å²) in [5.41, 5.74) is 0. The summed E-state index contributed by atoms with van der Waals surface area (Å²) >= 11 is 0. The molecule has 1 heterocycles. The van der Waals surface area contributed by atoms with E-state index in [4.69, 9.17) is 0 Å². The minimum atomic E-state index is -0.854. The number of halogens is 1. The van der Waals surface area contributed by atoms with Gasteiger partial charge >= 0.3 is 0 Å². The third-order valence-corrected chi connectivity index (χ3v) is 3.44. The maximum atomic E-state index is 13.2. The number of hydrogen-bond donors (Lipinski definition) is 1. The lowest BCUT2D eigenvalue weighted by molar-refractivity contribution is -0.130. The van der Waals surface area contributed by atoms with E-state index < -0.39 is 6.17 Å². The number of amides is 1. The molecule has 86 valence electrons. The Bertz CT molecular complexity index is 241. The molecule has 1 aliphatic heterocycles. The van der Waals surface area contributed by atoms with Gasteiger partial charge in [-0.1, -0.05) is 12.8 Å². The van der Waals surface area contributed by atoms with Crippen molar-refractivity contribution < 1.29 is 9.18 Å².